The first kappa shape index (κ1) is 9.62. The number of hydrogen-bond donors (Lipinski definition) is 1. The van der Waals surface area contributed by atoms with Crippen molar-refractivity contribution in [2.75, 3.05) is 6.54 Å². The fourth-order valence-corrected chi connectivity index (χ4v) is 1.30. The third kappa shape index (κ3) is 1.65. The van der Waals surface area contributed by atoms with Crippen LogP contribution in [0.25, 0.3) is 0 Å². The molecule has 2 heterocycles. The molecule has 1 N–H and O–H groups in total. The largest absolute Gasteiger partial charge is 0.464 e. The van der Waals surface area contributed by atoms with E-state index in [9.17, 15) is 0 Å². The lowest BCUT2D eigenvalue weighted by atomic mass is 10.1. The molecular formula is C9H14ClNO. The molecule has 1 aromatic heterocycles. The third-order valence-corrected chi connectivity index (χ3v) is 2.20. The zero-order valence-electron chi connectivity index (χ0n) is 7.17. The molecule has 1 saturated heterocycles. The maximum atomic E-state index is 5.57. The predicted molar refractivity (Wildman–Crippen MR) is 50.7 cm³/mol. The van der Waals surface area contributed by atoms with Crippen LogP contribution in [0, 0.1) is 0 Å². The van der Waals surface area contributed by atoms with E-state index in [0.29, 0.717) is 6.04 Å². The molecule has 0 radical (unpaired) electrons. The van der Waals surface area contributed by atoms with Crippen LogP contribution in [0.1, 0.15) is 30.9 Å². The Morgan fingerprint density at radius 3 is 2.75 bits per heavy atom. The zero-order chi connectivity index (χ0) is 7.68. The van der Waals surface area contributed by atoms with Crippen LogP contribution in [0.5, 0.6) is 0 Å². The van der Waals surface area contributed by atoms with E-state index in [4.69, 9.17) is 4.42 Å². The molecule has 1 aromatic rings. The number of furan rings is 1. The summed E-state index contributed by atoms with van der Waals surface area (Å²) in [5.74, 6) is 2.20. The van der Waals surface area contributed by atoms with Crippen LogP contribution >= 0.6 is 12.4 Å². The van der Waals surface area contributed by atoms with Gasteiger partial charge in [0.25, 0.3) is 0 Å². The average Bonchev–Trinajstić information content (AvgIpc) is 2.32. The van der Waals surface area contributed by atoms with Crippen molar-refractivity contribution < 1.29 is 4.42 Å². The molecule has 12 heavy (non-hydrogen) atoms. The van der Waals surface area contributed by atoms with E-state index in [0.717, 1.165) is 24.5 Å². The SMILES string of the molecule is CCc1ccc([C@@H]2CCN2)o1.Cl. The second-order valence-electron chi connectivity index (χ2n) is 2.95. The summed E-state index contributed by atoms with van der Waals surface area (Å²) >= 11 is 0. The molecule has 1 fully saturated rings. The number of hydrogen-bond acceptors (Lipinski definition) is 2. The predicted octanol–water partition coefficient (Wildman–Crippen LogP) is 2.30. The highest BCUT2D eigenvalue weighted by Gasteiger charge is 2.21. The van der Waals surface area contributed by atoms with Crippen molar-refractivity contribution in [1.29, 1.82) is 0 Å². The van der Waals surface area contributed by atoms with Gasteiger partial charge in [0.15, 0.2) is 0 Å². The van der Waals surface area contributed by atoms with Crippen molar-refractivity contribution in [1.82, 2.24) is 5.32 Å². The molecule has 1 aliphatic rings. The maximum absolute atomic E-state index is 5.57. The van der Waals surface area contributed by atoms with E-state index < -0.39 is 0 Å². The van der Waals surface area contributed by atoms with Gasteiger partial charge in [-0.05, 0) is 25.1 Å². The van der Waals surface area contributed by atoms with E-state index in [1.165, 1.54) is 6.42 Å². The van der Waals surface area contributed by atoms with Crippen LogP contribution in [-0.4, -0.2) is 6.54 Å². The second-order valence-corrected chi connectivity index (χ2v) is 2.95. The smallest absolute Gasteiger partial charge is 0.121 e. The molecule has 0 bridgehead atoms. The van der Waals surface area contributed by atoms with E-state index in [2.05, 4.69) is 24.4 Å². The monoisotopic (exact) mass is 187 g/mol. The Hall–Kier alpha value is -0.470. The van der Waals surface area contributed by atoms with Crippen molar-refractivity contribution in [2.45, 2.75) is 25.8 Å². The molecule has 0 saturated carbocycles. The Labute approximate surface area is 78.7 Å². The van der Waals surface area contributed by atoms with Gasteiger partial charge in [-0.15, -0.1) is 12.4 Å². The van der Waals surface area contributed by atoms with Crippen molar-refractivity contribution in [3.05, 3.63) is 23.7 Å². The summed E-state index contributed by atoms with van der Waals surface area (Å²) in [7, 11) is 0. The van der Waals surface area contributed by atoms with E-state index in [1.807, 2.05) is 0 Å². The van der Waals surface area contributed by atoms with Crippen molar-refractivity contribution >= 4 is 12.4 Å². The Bertz CT molecular complexity index is 242. The zero-order valence-corrected chi connectivity index (χ0v) is 7.99. The molecule has 1 aliphatic heterocycles. The number of nitrogens with one attached hydrogen (secondary N) is 1. The first-order valence-corrected chi connectivity index (χ1v) is 4.22. The number of halogens is 1. The molecule has 2 rings (SSSR count). The fraction of sp³-hybridized carbons (Fsp3) is 0.556. The highest BCUT2D eigenvalue weighted by atomic mass is 35.5. The van der Waals surface area contributed by atoms with Gasteiger partial charge in [-0.2, -0.15) is 0 Å². The van der Waals surface area contributed by atoms with Crippen LogP contribution in [0.3, 0.4) is 0 Å². The molecule has 0 spiro atoms. The lowest BCUT2D eigenvalue weighted by molar-refractivity contribution is 0.311. The molecule has 1 atom stereocenters. The molecule has 2 nitrogen and oxygen atoms in total. The van der Waals surface area contributed by atoms with Gasteiger partial charge in [-0.3, -0.25) is 0 Å². The Morgan fingerprint density at radius 1 is 1.58 bits per heavy atom. The fourth-order valence-electron chi connectivity index (χ4n) is 1.30. The lowest BCUT2D eigenvalue weighted by Gasteiger charge is -2.25. The highest BCUT2D eigenvalue weighted by Crippen LogP contribution is 2.24. The van der Waals surface area contributed by atoms with Crippen LogP contribution in [0.4, 0.5) is 0 Å². The quantitative estimate of drug-likeness (QED) is 0.769. The summed E-state index contributed by atoms with van der Waals surface area (Å²) in [6.07, 6.45) is 2.21. The summed E-state index contributed by atoms with van der Waals surface area (Å²) in [5, 5.41) is 3.31. The molecular weight excluding hydrogens is 174 g/mol. The third-order valence-electron chi connectivity index (χ3n) is 2.20. The van der Waals surface area contributed by atoms with Gasteiger partial charge in [0.2, 0.25) is 0 Å². The standard InChI is InChI=1S/C9H13NO.ClH/c1-2-7-3-4-9(11-7)8-5-6-10-8;/h3-4,8,10H,2,5-6H2,1H3;1H/t8-;/m0./s1. The Balaban J connectivity index is 0.000000720. The first-order chi connectivity index (χ1) is 5.40. The Morgan fingerprint density at radius 2 is 2.33 bits per heavy atom. The molecule has 0 amide bonds. The van der Waals surface area contributed by atoms with E-state index in [1.54, 1.807) is 0 Å². The normalized spacial score (nSPS) is 21.2. The van der Waals surface area contributed by atoms with E-state index >= 15 is 0 Å². The van der Waals surface area contributed by atoms with Gasteiger partial charge < -0.3 is 9.73 Å². The van der Waals surface area contributed by atoms with Crippen LogP contribution in [-0.2, 0) is 6.42 Å². The summed E-state index contributed by atoms with van der Waals surface area (Å²) < 4.78 is 5.57. The van der Waals surface area contributed by atoms with Crippen LogP contribution in [0.15, 0.2) is 16.5 Å². The summed E-state index contributed by atoms with van der Waals surface area (Å²) in [4.78, 5) is 0. The van der Waals surface area contributed by atoms with Gasteiger partial charge in [0.1, 0.15) is 11.5 Å². The van der Waals surface area contributed by atoms with Gasteiger partial charge in [0.05, 0.1) is 6.04 Å². The Kier molecular flexibility index (Phi) is 3.18. The average molecular weight is 188 g/mol. The summed E-state index contributed by atoms with van der Waals surface area (Å²) in [6.45, 7) is 3.24. The molecule has 68 valence electrons. The molecule has 3 heteroatoms. The summed E-state index contributed by atoms with van der Waals surface area (Å²) in [6, 6.07) is 4.64. The molecule has 0 unspecified atom stereocenters. The highest BCUT2D eigenvalue weighted by molar-refractivity contribution is 5.85. The van der Waals surface area contributed by atoms with Gasteiger partial charge >= 0.3 is 0 Å². The number of rotatable bonds is 2. The minimum Gasteiger partial charge on any atom is -0.464 e. The maximum Gasteiger partial charge on any atom is 0.121 e. The first-order valence-electron chi connectivity index (χ1n) is 4.22. The van der Waals surface area contributed by atoms with Gasteiger partial charge in [-0.25, -0.2) is 0 Å². The van der Waals surface area contributed by atoms with Crippen LogP contribution in [0.2, 0.25) is 0 Å². The van der Waals surface area contributed by atoms with Crippen molar-refractivity contribution in [2.24, 2.45) is 0 Å². The number of aryl methyl sites for hydroxylation is 1. The summed E-state index contributed by atoms with van der Waals surface area (Å²) in [5.41, 5.74) is 0. The molecule has 0 aliphatic carbocycles. The topological polar surface area (TPSA) is 25.2 Å². The molecule has 0 aromatic carbocycles. The van der Waals surface area contributed by atoms with E-state index in [-0.39, 0.29) is 12.4 Å². The van der Waals surface area contributed by atoms with Gasteiger partial charge in [0, 0.05) is 6.42 Å². The van der Waals surface area contributed by atoms with Crippen molar-refractivity contribution in [3.63, 3.8) is 0 Å². The second kappa shape index (κ2) is 3.97. The minimum absolute atomic E-state index is 0. The van der Waals surface area contributed by atoms with Crippen LogP contribution < -0.4 is 5.32 Å². The minimum atomic E-state index is 0. The van der Waals surface area contributed by atoms with Crippen molar-refractivity contribution in [3.8, 4) is 0 Å². The lowest BCUT2D eigenvalue weighted by Crippen LogP contribution is -2.34. The van der Waals surface area contributed by atoms with Gasteiger partial charge in [-0.1, -0.05) is 6.92 Å².